The van der Waals surface area contributed by atoms with Gasteiger partial charge in [-0.2, -0.15) is 0 Å². The van der Waals surface area contributed by atoms with E-state index in [9.17, 15) is 0 Å². The van der Waals surface area contributed by atoms with Crippen molar-refractivity contribution in [2.45, 2.75) is 6.61 Å². The average molecular weight is 257 g/mol. The van der Waals surface area contributed by atoms with E-state index in [0.29, 0.717) is 18.0 Å². The van der Waals surface area contributed by atoms with Crippen molar-refractivity contribution < 1.29 is 9.94 Å². The highest BCUT2D eigenvalue weighted by atomic mass is 16.5. The van der Waals surface area contributed by atoms with Crippen LogP contribution in [0.5, 0.6) is 5.75 Å². The van der Waals surface area contributed by atoms with Crippen LogP contribution in [0.25, 0.3) is 0 Å². The highest BCUT2D eigenvalue weighted by Crippen LogP contribution is 2.20. The van der Waals surface area contributed by atoms with Gasteiger partial charge in [0.1, 0.15) is 12.4 Å². The Balaban J connectivity index is 2.03. The van der Waals surface area contributed by atoms with Crippen molar-refractivity contribution in [1.29, 1.82) is 0 Å². The summed E-state index contributed by atoms with van der Waals surface area (Å²) in [4.78, 5) is 3.95. The number of guanidine groups is 1. The van der Waals surface area contributed by atoms with Gasteiger partial charge in [0.2, 0.25) is 5.96 Å². The van der Waals surface area contributed by atoms with Crippen LogP contribution in [0, 0.1) is 0 Å². The molecule has 0 saturated heterocycles. The summed E-state index contributed by atoms with van der Waals surface area (Å²) >= 11 is 0. The minimum atomic E-state index is -0.0693. The molecule has 98 valence electrons. The van der Waals surface area contributed by atoms with Gasteiger partial charge in [-0.3, -0.25) is 5.21 Å². The number of nitrogens with one attached hydrogen (secondary N) is 1. The first-order chi connectivity index (χ1) is 9.28. The molecule has 2 rings (SSSR count). The van der Waals surface area contributed by atoms with Gasteiger partial charge >= 0.3 is 0 Å². The van der Waals surface area contributed by atoms with Crippen molar-refractivity contribution in [2.75, 3.05) is 0 Å². The molecule has 0 aliphatic carbocycles. The van der Waals surface area contributed by atoms with Crippen molar-refractivity contribution in [3.63, 3.8) is 0 Å². The van der Waals surface area contributed by atoms with Gasteiger partial charge in [0.25, 0.3) is 0 Å². The van der Waals surface area contributed by atoms with Crippen LogP contribution in [0.1, 0.15) is 5.56 Å². The number of hydroxylamine groups is 1. The summed E-state index contributed by atoms with van der Waals surface area (Å²) in [6.45, 7) is 0.488. The predicted molar refractivity (Wildman–Crippen MR) is 73.4 cm³/mol. The van der Waals surface area contributed by atoms with Gasteiger partial charge in [0.15, 0.2) is 0 Å². The number of rotatable bonds is 4. The van der Waals surface area contributed by atoms with Crippen LogP contribution in [0.4, 0.5) is 5.69 Å². The molecule has 0 aromatic heterocycles. The van der Waals surface area contributed by atoms with E-state index in [-0.39, 0.29) is 5.96 Å². The maximum absolute atomic E-state index is 8.58. The molecular formula is C14H15N3O2. The zero-order valence-electron chi connectivity index (χ0n) is 10.3. The highest BCUT2D eigenvalue weighted by Gasteiger charge is 1.98. The zero-order chi connectivity index (χ0) is 13.5. The number of aliphatic imine (C=N–C) groups is 1. The lowest BCUT2D eigenvalue weighted by atomic mass is 10.2. The summed E-state index contributed by atoms with van der Waals surface area (Å²) < 4.78 is 5.65. The molecule has 0 bridgehead atoms. The van der Waals surface area contributed by atoms with Crippen molar-refractivity contribution in [1.82, 2.24) is 5.48 Å². The minimum absolute atomic E-state index is 0.0693. The summed E-state index contributed by atoms with van der Waals surface area (Å²) in [6, 6.07) is 17.0. The lowest BCUT2D eigenvalue weighted by Gasteiger charge is -2.07. The quantitative estimate of drug-likeness (QED) is 0.445. The second-order valence-corrected chi connectivity index (χ2v) is 3.88. The maximum atomic E-state index is 8.58. The Morgan fingerprint density at radius 1 is 1.16 bits per heavy atom. The van der Waals surface area contributed by atoms with Crippen LogP contribution >= 0.6 is 0 Å². The molecule has 5 heteroatoms. The van der Waals surface area contributed by atoms with E-state index in [0.717, 1.165) is 5.56 Å². The number of hydrogen-bond donors (Lipinski definition) is 3. The number of nitrogens with two attached hydrogens (primary N) is 1. The monoisotopic (exact) mass is 257 g/mol. The van der Waals surface area contributed by atoms with Gasteiger partial charge < -0.3 is 10.5 Å². The Hall–Kier alpha value is -2.53. The second kappa shape index (κ2) is 6.42. The number of ether oxygens (including phenoxy) is 1. The van der Waals surface area contributed by atoms with E-state index in [1.54, 1.807) is 17.6 Å². The molecule has 19 heavy (non-hydrogen) atoms. The molecule has 5 nitrogen and oxygen atoms in total. The topological polar surface area (TPSA) is 79.9 Å². The summed E-state index contributed by atoms with van der Waals surface area (Å²) in [5.41, 5.74) is 8.84. The molecule has 0 amide bonds. The van der Waals surface area contributed by atoms with Crippen molar-refractivity contribution in [3.05, 3.63) is 60.2 Å². The molecule has 0 aliphatic heterocycles. The Labute approximate surface area is 111 Å². The van der Waals surface area contributed by atoms with E-state index in [2.05, 4.69) is 4.99 Å². The molecule has 0 fully saturated rings. The largest absolute Gasteiger partial charge is 0.489 e. The fraction of sp³-hybridized carbons (Fsp3) is 0.0714. The lowest BCUT2D eigenvalue weighted by Crippen LogP contribution is -2.27. The fourth-order valence-corrected chi connectivity index (χ4v) is 1.55. The van der Waals surface area contributed by atoms with Gasteiger partial charge in [-0.25, -0.2) is 10.5 Å². The molecular weight excluding hydrogens is 242 g/mol. The third kappa shape index (κ3) is 4.01. The molecule has 0 radical (unpaired) electrons. The van der Waals surface area contributed by atoms with Crippen LogP contribution < -0.4 is 16.0 Å². The van der Waals surface area contributed by atoms with Crippen molar-refractivity contribution >= 4 is 11.6 Å². The van der Waals surface area contributed by atoms with E-state index in [1.807, 2.05) is 42.5 Å². The zero-order valence-corrected chi connectivity index (χ0v) is 10.3. The first kappa shape index (κ1) is 12.9. The first-order valence-electron chi connectivity index (χ1n) is 5.79. The van der Waals surface area contributed by atoms with Crippen molar-refractivity contribution in [3.8, 4) is 5.75 Å². The van der Waals surface area contributed by atoms with Crippen LogP contribution in [0.3, 0.4) is 0 Å². The maximum Gasteiger partial charge on any atom is 0.218 e. The second-order valence-electron chi connectivity index (χ2n) is 3.88. The molecule has 0 aliphatic rings. The Kier molecular flexibility index (Phi) is 4.36. The standard InChI is InChI=1S/C14H15N3O2/c15-14(17-18)16-12-7-4-8-13(9-12)19-10-11-5-2-1-3-6-11/h1-9,18H,10H2,(H3,15,16,17). The summed E-state index contributed by atoms with van der Waals surface area (Å²) in [5, 5.41) is 8.58. The summed E-state index contributed by atoms with van der Waals surface area (Å²) in [7, 11) is 0. The number of benzene rings is 2. The van der Waals surface area contributed by atoms with Crippen LogP contribution in [0.2, 0.25) is 0 Å². The van der Waals surface area contributed by atoms with E-state index in [4.69, 9.17) is 15.7 Å². The normalized spacial score (nSPS) is 11.1. The Morgan fingerprint density at radius 3 is 2.68 bits per heavy atom. The van der Waals surface area contributed by atoms with Crippen LogP contribution in [-0.4, -0.2) is 11.2 Å². The molecule has 0 unspecified atom stereocenters. The SMILES string of the molecule is NC(=Nc1cccc(OCc2ccccc2)c1)NO. The van der Waals surface area contributed by atoms with Gasteiger partial charge in [0.05, 0.1) is 5.69 Å². The summed E-state index contributed by atoms with van der Waals surface area (Å²) in [5.74, 6) is 0.621. The van der Waals surface area contributed by atoms with Gasteiger partial charge in [-0.05, 0) is 17.7 Å². The molecule has 0 heterocycles. The lowest BCUT2D eigenvalue weighted by molar-refractivity contribution is 0.233. The fourth-order valence-electron chi connectivity index (χ4n) is 1.55. The smallest absolute Gasteiger partial charge is 0.218 e. The Morgan fingerprint density at radius 2 is 1.95 bits per heavy atom. The molecule has 0 atom stereocenters. The van der Waals surface area contributed by atoms with Gasteiger partial charge in [-0.1, -0.05) is 36.4 Å². The molecule has 0 saturated carbocycles. The van der Waals surface area contributed by atoms with Gasteiger partial charge in [0, 0.05) is 6.07 Å². The molecule has 4 N–H and O–H groups in total. The van der Waals surface area contributed by atoms with E-state index < -0.39 is 0 Å². The molecule has 0 spiro atoms. The molecule has 2 aromatic carbocycles. The third-order valence-corrected chi connectivity index (χ3v) is 2.43. The average Bonchev–Trinajstić information content (AvgIpc) is 2.46. The predicted octanol–water partition coefficient (Wildman–Crippen LogP) is 2.19. The van der Waals surface area contributed by atoms with Crippen LogP contribution in [0.15, 0.2) is 59.6 Å². The van der Waals surface area contributed by atoms with Gasteiger partial charge in [-0.15, -0.1) is 0 Å². The summed E-state index contributed by atoms with van der Waals surface area (Å²) in [6.07, 6.45) is 0. The minimum Gasteiger partial charge on any atom is -0.489 e. The number of hydrogen-bond acceptors (Lipinski definition) is 3. The highest BCUT2D eigenvalue weighted by molar-refractivity contribution is 5.79. The molecule has 2 aromatic rings. The third-order valence-electron chi connectivity index (χ3n) is 2.43. The number of nitrogens with zero attached hydrogens (tertiary/aromatic N) is 1. The van der Waals surface area contributed by atoms with Crippen molar-refractivity contribution in [2.24, 2.45) is 10.7 Å². The van der Waals surface area contributed by atoms with E-state index in [1.165, 1.54) is 0 Å². The Bertz CT molecular complexity index is 556. The first-order valence-corrected chi connectivity index (χ1v) is 5.79. The van der Waals surface area contributed by atoms with Crippen LogP contribution in [-0.2, 0) is 6.61 Å². The van der Waals surface area contributed by atoms with E-state index >= 15 is 0 Å².